The Hall–Kier alpha value is -1.06. The minimum atomic E-state index is 0.666. The summed E-state index contributed by atoms with van der Waals surface area (Å²) in [6.07, 6.45) is 4.01. The fourth-order valence-corrected chi connectivity index (χ4v) is 2.92. The average molecular weight is 290 g/mol. The summed E-state index contributed by atoms with van der Waals surface area (Å²) in [6.45, 7) is 11.6. The Morgan fingerprint density at radius 1 is 1.29 bits per heavy atom. The van der Waals surface area contributed by atoms with Crippen LogP contribution < -0.4 is 10.1 Å². The smallest absolute Gasteiger partial charge is 0.122 e. The number of likely N-dealkylation sites (N-methyl/N-ethyl adjacent to an activating group) is 1. The van der Waals surface area contributed by atoms with E-state index in [0.29, 0.717) is 6.04 Å². The maximum Gasteiger partial charge on any atom is 0.122 e. The predicted molar refractivity (Wildman–Crippen MR) is 89.2 cm³/mol. The zero-order valence-corrected chi connectivity index (χ0v) is 13.8. The van der Waals surface area contributed by atoms with Gasteiger partial charge in [-0.05, 0) is 57.0 Å². The molecule has 0 radical (unpaired) electrons. The van der Waals surface area contributed by atoms with Crippen molar-refractivity contribution in [2.75, 3.05) is 32.8 Å². The summed E-state index contributed by atoms with van der Waals surface area (Å²) in [5, 5.41) is 3.63. The first kappa shape index (κ1) is 16.3. The maximum absolute atomic E-state index is 5.98. The molecule has 0 saturated carbocycles. The highest BCUT2D eigenvalue weighted by atomic mass is 16.5. The van der Waals surface area contributed by atoms with E-state index in [-0.39, 0.29) is 0 Å². The second kappa shape index (κ2) is 8.40. The van der Waals surface area contributed by atoms with Crippen LogP contribution in [0.2, 0.25) is 0 Å². The minimum Gasteiger partial charge on any atom is -0.492 e. The van der Waals surface area contributed by atoms with Crippen LogP contribution in [0.3, 0.4) is 0 Å². The van der Waals surface area contributed by atoms with Gasteiger partial charge >= 0.3 is 0 Å². The fraction of sp³-hybridized carbons (Fsp3) is 0.667. The van der Waals surface area contributed by atoms with Crippen LogP contribution in [0.5, 0.6) is 5.75 Å². The first-order valence-corrected chi connectivity index (χ1v) is 8.35. The number of benzene rings is 1. The molecule has 1 aromatic carbocycles. The van der Waals surface area contributed by atoms with Crippen molar-refractivity contribution in [2.45, 2.75) is 46.1 Å². The highest BCUT2D eigenvalue weighted by Crippen LogP contribution is 2.19. The molecule has 0 amide bonds. The van der Waals surface area contributed by atoms with Crippen LogP contribution in [0.25, 0.3) is 0 Å². The lowest BCUT2D eigenvalue weighted by Crippen LogP contribution is -2.44. The average Bonchev–Trinajstić information content (AvgIpc) is 2.50. The zero-order valence-electron chi connectivity index (χ0n) is 13.8. The number of rotatable bonds is 7. The van der Waals surface area contributed by atoms with Gasteiger partial charge in [0, 0.05) is 19.1 Å². The molecule has 0 bridgehead atoms. The van der Waals surface area contributed by atoms with Gasteiger partial charge in [-0.3, -0.25) is 4.90 Å². The predicted octanol–water partition coefficient (Wildman–Crippen LogP) is 3.15. The number of nitrogens with zero attached hydrogens (tertiary/aromatic N) is 1. The van der Waals surface area contributed by atoms with E-state index < -0.39 is 0 Å². The van der Waals surface area contributed by atoms with Gasteiger partial charge in [0.25, 0.3) is 0 Å². The second-order valence-electron chi connectivity index (χ2n) is 6.16. The largest absolute Gasteiger partial charge is 0.492 e. The van der Waals surface area contributed by atoms with E-state index in [9.17, 15) is 0 Å². The SMILES string of the molecule is CCN(CCOc1cc(C)ccc1C)CC1CCCCN1. The molecule has 3 nitrogen and oxygen atoms in total. The first-order chi connectivity index (χ1) is 10.2. The van der Waals surface area contributed by atoms with E-state index in [1.165, 1.54) is 36.9 Å². The summed E-state index contributed by atoms with van der Waals surface area (Å²) in [4.78, 5) is 2.49. The van der Waals surface area contributed by atoms with E-state index in [0.717, 1.165) is 32.0 Å². The molecule has 1 fully saturated rings. The molecule has 1 N–H and O–H groups in total. The van der Waals surface area contributed by atoms with Crippen LogP contribution in [0, 0.1) is 13.8 Å². The lowest BCUT2D eigenvalue weighted by atomic mass is 10.0. The molecule has 1 unspecified atom stereocenters. The van der Waals surface area contributed by atoms with Crippen molar-refractivity contribution >= 4 is 0 Å². The van der Waals surface area contributed by atoms with Gasteiger partial charge < -0.3 is 10.1 Å². The molecular formula is C18H30N2O. The summed E-state index contributed by atoms with van der Waals surface area (Å²) in [7, 11) is 0. The molecule has 2 rings (SSSR count). The van der Waals surface area contributed by atoms with E-state index in [1.54, 1.807) is 0 Å². The number of piperidine rings is 1. The minimum absolute atomic E-state index is 0.666. The van der Waals surface area contributed by atoms with Crippen molar-refractivity contribution in [3.8, 4) is 5.75 Å². The second-order valence-corrected chi connectivity index (χ2v) is 6.16. The molecule has 1 saturated heterocycles. The maximum atomic E-state index is 5.98. The van der Waals surface area contributed by atoms with Crippen molar-refractivity contribution < 1.29 is 4.74 Å². The normalized spacial score (nSPS) is 19.0. The van der Waals surface area contributed by atoms with Gasteiger partial charge in [0.2, 0.25) is 0 Å². The van der Waals surface area contributed by atoms with Gasteiger partial charge in [-0.15, -0.1) is 0 Å². The Morgan fingerprint density at radius 3 is 2.86 bits per heavy atom. The van der Waals surface area contributed by atoms with Gasteiger partial charge in [-0.25, -0.2) is 0 Å². The molecule has 0 spiro atoms. The van der Waals surface area contributed by atoms with Crippen molar-refractivity contribution in [1.29, 1.82) is 0 Å². The van der Waals surface area contributed by atoms with Crippen LogP contribution in [-0.4, -0.2) is 43.7 Å². The van der Waals surface area contributed by atoms with Gasteiger partial charge in [-0.2, -0.15) is 0 Å². The molecular weight excluding hydrogens is 260 g/mol. The summed E-state index contributed by atoms with van der Waals surface area (Å²) < 4.78 is 5.98. The zero-order chi connectivity index (χ0) is 15.1. The van der Waals surface area contributed by atoms with E-state index in [4.69, 9.17) is 4.74 Å². The molecule has 0 aromatic heterocycles. The third-order valence-corrected chi connectivity index (χ3v) is 4.35. The van der Waals surface area contributed by atoms with Crippen LogP contribution in [0.1, 0.15) is 37.3 Å². The first-order valence-electron chi connectivity index (χ1n) is 8.35. The number of nitrogens with one attached hydrogen (secondary N) is 1. The molecule has 1 aliphatic heterocycles. The van der Waals surface area contributed by atoms with Crippen LogP contribution >= 0.6 is 0 Å². The molecule has 0 aliphatic carbocycles. The van der Waals surface area contributed by atoms with Crippen molar-refractivity contribution in [3.63, 3.8) is 0 Å². The van der Waals surface area contributed by atoms with E-state index in [1.807, 2.05) is 0 Å². The lowest BCUT2D eigenvalue weighted by Gasteiger charge is -2.29. The third kappa shape index (κ3) is 5.33. The quantitative estimate of drug-likeness (QED) is 0.835. The molecule has 1 heterocycles. The summed E-state index contributed by atoms with van der Waals surface area (Å²) >= 11 is 0. The van der Waals surface area contributed by atoms with Crippen LogP contribution in [0.4, 0.5) is 0 Å². The fourth-order valence-electron chi connectivity index (χ4n) is 2.92. The molecule has 1 aliphatic rings. The molecule has 1 aromatic rings. The van der Waals surface area contributed by atoms with Gasteiger partial charge in [0.05, 0.1) is 0 Å². The number of ether oxygens (including phenoxy) is 1. The molecule has 21 heavy (non-hydrogen) atoms. The molecule has 3 heteroatoms. The van der Waals surface area contributed by atoms with Crippen molar-refractivity contribution in [1.82, 2.24) is 10.2 Å². The van der Waals surface area contributed by atoms with Crippen molar-refractivity contribution in [3.05, 3.63) is 29.3 Å². The molecule has 1 atom stereocenters. The third-order valence-electron chi connectivity index (χ3n) is 4.35. The Morgan fingerprint density at radius 2 is 2.14 bits per heavy atom. The number of aryl methyl sites for hydroxylation is 2. The Labute approximate surface area is 129 Å². The van der Waals surface area contributed by atoms with Gasteiger partial charge in [-0.1, -0.05) is 25.5 Å². The number of hydrogen-bond acceptors (Lipinski definition) is 3. The lowest BCUT2D eigenvalue weighted by molar-refractivity contribution is 0.190. The Bertz CT molecular complexity index is 427. The highest BCUT2D eigenvalue weighted by Gasteiger charge is 2.15. The summed E-state index contributed by atoms with van der Waals surface area (Å²) in [6, 6.07) is 7.07. The van der Waals surface area contributed by atoms with Crippen LogP contribution in [0.15, 0.2) is 18.2 Å². The van der Waals surface area contributed by atoms with Crippen molar-refractivity contribution in [2.24, 2.45) is 0 Å². The van der Waals surface area contributed by atoms with Gasteiger partial charge in [0.15, 0.2) is 0 Å². The number of hydrogen-bond donors (Lipinski definition) is 1. The van der Waals surface area contributed by atoms with Crippen LogP contribution in [-0.2, 0) is 0 Å². The van der Waals surface area contributed by atoms with E-state index in [2.05, 4.69) is 49.2 Å². The molecule has 118 valence electrons. The van der Waals surface area contributed by atoms with Gasteiger partial charge in [0.1, 0.15) is 12.4 Å². The monoisotopic (exact) mass is 290 g/mol. The van der Waals surface area contributed by atoms with E-state index >= 15 is 0 Å². The Balaban J connectivity index is 1.76. The standard InChI is InChI=1S/C18H30N2O/c1-4-20(14-17-7-5-6-10-19-17)11-12-21-18-13-15(2)8-9-16(18)3/h8-9,13,17,19H,4-7,10-12,14H2,1-3H3. The summed E-state index contributed by atoms with van der Waals surface area (Å²) in [5.41, 5.74) is 2.48. The highest BCUT2D eigenvalue weighted by molar-refractivity contribution is 5.35. The topological polar surface area (TPSA) is 24.5 Å². The Kier molecular flexibility index (Phi) is 6.52. The summed E-state index contributed by atoms with van der Waals surface area (Å²) in [5.74, 6) is 1.03.